The third kappa shape index (κ3) is 3.94. The van der Waals surface area contributed by atoms with Crippen molar-refractivity contribution in [3.05, 3.63) is 33.3 Å². The van der Waals surface area contributed by atoms with Crippen LogP contribution in [0, 0.1) is 5.92 Å². The Morgan fingerprint density at radius 2 is 2.32 bits per heavy atom. The monoisotopic (exact) mass is 345 g/mol. The van der Waals surface area contributed by atoms with Crippen molar-refractivity contribution in [2.75, 3.05) is 6.61 Å². The number of halogens is 2. The summed E-state index contributed by atoms with van der Waals surface area (Å²) >= 11 is 9.50. The standard InChI is InChI=1S/C15H21BrClNO/c1-11-3-2-6-15(8-11,10-19)18-9-12-4-5-13(16)14(17)7-12/h4-5,7,11,18-19H,2-3,6,8-10H2,1H3. The molecule has 1 aliphatic carbocycles. The minimum absolute atomic E-state index is 0.114. The topological polar surface area (TPSA) is 32.3 Å². The number of hydrogen-bond acceptors (Lipinski definition) is 2. The third-order valence-corrected chi connectivity index (χ3v) is 5.28. The molecule has 0 heterocycles. The van der Waals surface area contributed by atoms with E-state index in [0.717, 1.165) is 34.4 Å². The molecule has 0 amide bonds. The Bertz CT molecular complexity index is 440. The van der Waals surface area contributed by atoms with Crippen LogP contribution in [0.25, 0.3) is 0 Å². The lowest BCUT2D eigenvalue weighted by molar-refractivity contribution is 0.0982. The predicted octanol–water partition coefficient (Wildman–Crippen LogP) is 4.13. The van der Waals surface area contributed by atoms with Crippen molar-refractivity contribution in [2.45, 2.75) is 44.7 Å². The fraction of sp³-hybridized carbons (Fsp3) is 0.600. The molecule has 106 valence electrons. The second-order valence-corrected chi connectivity index (χ2v) is 7.00. The maximum Gasteiger partial charge on any atom is 0.0613 e. The number of hydrogen-bond donors (Lipinski definition) is 2. The lowest BCUT2D eigenvalue weighted by Gasteiger charge is -2.39. The van der Waals surface area contributed by atoms with Gasteiger partial charge >= 0.3 is 0 Å². The summed E-state index contributed by atoms with van der Waals surface area (Å²) in [6.07, 6.45) is 4.56. The van der Waals surface area contributed by atoms with E-state index in [0.29, 0.717) is 5.92 Å². The molecule has 1 aromatic carbocycles. The molecule has 4 heteroatoms. The Morgan fingerprint density at radius 1 is 1.53 bits per heavy atom. The highest BCUT2D eigenvalue weighted by molar-refractivity contribution is 9.10. The molecule has 0 saturated heterocycles. The molecule has 2 N–H and O–H groups in total. The maximum absolute atomic E-state index is 9.74. The molecule has 0 spiro atoms. The van der Waals surface area contributed by atoms with E-state index in [-0.39, 0.29) is 12.1 Å². The molecular formula is C15H21BrClNO. The lowest BCUT2D eigenvalue weighted by Crippen LogP contribution is -2.51. The van der Waals surface area contributed by atoms with Crippen LogP contribution in [0.5, 0.6) is 0 Å². The minimum Gasteiger partial charge on any atom is -0.394 e. The summed E-state index contributed by atoms with van der Waals surface area (Å²) in [5.74, 6) is 0.682. The molecule has 2 nitrogen and oxygen atoms in total. The quantitative estimate of drug-likeness (QED) is 0.859. The predicted molar refractivity (Wildman–Crippen MR) is 83.4 cm³/mol. The number of aliphatic hydroxyl groups excluding tert-OH is 1. The maximum atomic E-state index is 9.74. The molecule has 2 atom stereocenters. The normalized spacial score (nSPS) is 27.5. The fourth-order valence-corrected chi connectivity index (χ4v) is 3.41. The summed E-state index contributed by atoms with van der Waals surface area (Å²) < 4.78 is 0.918. The molecule has 1 aromatic rings. The zero-order chi connectivity index (χ0) is 13.9. The molecule has 0 radical (unpaired) electrons. The van der Waals surface area contributed by atoms with E-state index in [1.165, 1.54) is 12.8 Å². The van der Waals surface area contributed by atoms with Gasteiger partial charge in [-0.15, -0.1) is 0 Å². The minimum atomic E-state index is -0.114. The summed E-state index contributed by atoms with van der Waals surface area (Å²) in [6, 6.07) is 5.99. The van der Waals surface area contributed by atoms with Crippen LogP contribution in [-0.2, 0) is 6.54 Å². The van der Waals surface area contributed by atoms with Crippen LogP contribution in [0.2, 0.25) is 5.02 Å². The highest BCUT2D eigenvalue weighted by Gasteiger charge is 2.33. The van der Waals surface area contributed by atoms with Crippen molar-refractivity contribution in [1.82, 2.24) is 5.32 Å². The van der Waals surface area contributed by atoms with Gasteiger partial charge in [-0.3, -0.25) is 0 Å². The first-order valence-corrected chi connectivity index (χ1v) is 8.01. The van der Waals surface area contributed by atoms with E-state index in [2.05, 4.69) is 34.2 Å². The third-order valence-electron chi connectivity index (χ3n) is 4.05. The highest BCUT2D eigenvalue weighted by Crippen LogP contribution is 2.32. The number of aliphatic hydroxyl groups is 1. The fourth-order valence-electron chi connectivity index (χ4n) is 2.96. The van der Waals surface area contributed by atoms with E-state index < -0.39 is 0 Å². The molecule has 1 saturated carbocycles. The van der Waals surface area contributed by atoms with Gasteiger partial charge in [0.15, 0.2) is 0 Å². The number of nitrogens with one attached hydrogen (secondary N) is 1. The summed E-state index contributed by atoms with van der Waals surface area (Å²) in [4.78, 5) is 0. The molecule has 0 aromatic heterocycles. The van der Waals surface area contributed by atoms with Gasteiger partial charge in [-0.2, -0.15) is 0 Å². The molecule has 2 rings (SSSR count). The van der Waals surface area contributed by atoms with Crippen LogP contribution in [0.15, 0.2) is 22.7 Å². The zero-order valence-electron chi connectivity index (χ0n) is 11.3. The molecule has 0 bridgehead atoms. The Kier molecular flexibility index (Phi) is 5.29. The first-order valence-electron chi connectivity index (χ1n) is 6.84. The van der Waals surface area contributed by atoms with Crippen LogP contribution in [0.4, 0.5) is 0 Å². The molecule has 19 heavy (non-hydrogen) atoms. The second kappa shape index (κ2) is 6.57. The van der Waals surface area contributed by atoms with Crippen LogP contribution < -0.4 is 5.32 Å². The number of rotatable bonds is 4. The molecule has 1 fully saturated rings. The van der Waals surface area contributed by atoms with Gasteiger partial charge in [-0.25, -0.2) is 0 Å². The molecule has 0 aliphatic heterocycles. The van der Waals surface area contributed by atoms with Crippen molar-refractivity contribution in [3.63, 3.8) is 0 Å². The van der Waals surface area contributed by atoms with Crippen LogP contribution >= 0.6 is 27.5 Å². The van der Waals surface area contributed by atoms with E-state index in [9.17, 15) is 5.11 Å². The Hall–Kier alpha value is -0.0900. The van der Waals surface area contributed by atoms with Gasteiger partial charge in [0, 0.05) is 16.6 Å². The van der Waals surface area contributed by atoms with Gasteiger partial charge in [-0.05, 0) is 52.4 Å². The molecular weight excluding hydrogens is 326 g/mol. The summed E-state index contributed by atoms with van der Waals surface area (Å²) in [5.41, 5.74) is 1.04. The summed E-state index contributed by atoms with van der Waals surface area (Å²) in [6.45, 7) is 3.23. The van der Waals surface area contributed by atoms with E-state index in [4.69, 9.17) is 11.6 Å². The smallest absolute Gasteiger partial charge is 0.0613 e. The molecule has 2 unspecified atom stereocenters. The van der Waals surface area contributed by atoms with E-state index in [1.807, 2.05) is 12.1 Å². The van der Waals surface area contributed by atoms with Gasteiger partial charge < -0.3 is 10.4 Å². The average Bonchev–Trinajstić information content (AvgIpc) is 2.40. The average molecular weight is 347 g/mol. The van der Waals surface area contributed by atoms with Crippen LogP contribution in [0.3, 0.4) is 0 Å². The largest absolute Gasteiger partial charge is 0.394 e. The van der Waals surface area contributed by atoms with Crippen LogP contribution in [-0.4, -0.2) is 17.3 Å². The zero-order valence-corrected chi connectivity index (χ0v) is 13.6. The van der Waals surface area contributed by atoms with E-state index >= 15 is 0 Å². The van der Waals surface area contributed by atoms with Crippen molar-refractivity contribution in [2.24, 2.45) is 5.92 Å². The first kappa shape index (κ1) is 15.3. The van der Waals surface area contributed by atoms with Crippen molar-refractivity contribution >= 4 is 27.5 Å². The first-order chi connectivity index (χ1) is 9.04. The lowest BCUT2D eigenvalue weighted by atomic mass is 9.77. The van der Waals surface area contributed by atoms with Gasteiger partial charge in [-0.1, -0.05) is 37.4 Å². The van der Waals surface area contributed by atoms with E-state index in [1.54, 1.807) is 0 Å². The highest BCUT2D eigenvalue weighted by atomic mass is 79.9. The second-order valence-electron chi connectivity index (χ2n) is 5.74. The summed E-state index contributed by atoms with van der Waals surface area (Å²) in [5, 5.41) is 14.0. The number of benzene rings is 1. The Balaban J connectivity index is 2.01. The summed E-state index contributed by atoms with van der Waals surface area (Å²) in [7, 11) is 0. The Morgan fingerprint density at radius 3 is 2.95 bits per heavy atom. The Labute approximate surface area is 128 Å². The van der Waals surface area contributed by atoms with Gasteiger partial charge in [0.2, 0.25) is 0 Å². The molecule has 1 aliphatic rings. The van der Waals surface area contributed by atoms with Gasteiger partial charge in [0.1, 0.15) is 0 Å². The van der Waals surface area contributed by atoms with Crippen molar-refractivity contribution in [1.29, 1.82) is 0 Å². The van der Waals surface area contributed by atoms with Gasteiger partial charge in [0.25, 0.3) is 0 Å². The van der Waals surface area contributed by atoms with Crippen molar-refractivity contribution in [3.8, 4) is 0 Å². The van der Waals surface area contributed by atoms with Crippen LogP contribution in [0.1, 0.15) is 38.2 Å². The van der Waals surface area contributed by atoms with Crippen molar-refractivity contribution < 1.29 is 5.11 Å². The SMILES string of the molecule is CC1CCCC(CO)(NCc2ccc(Br)c(Cl)c2)C1. The van der Waals surface area contributed by atoms with Gasteiger partial charge in [0.05, 0.1) is 11.6 Å².